The Morgan fingerprint density at radius 2 is 1.36 bits per heavy atom. The zero-order valence-corrected chi connectivity index (χ0v) is 18.7. The van der Waals surface area contributed by atoms with Crippen LogP contribution in [0.25, 0.3) is 0 Å². The highest BCUT2D eigenvalue weighted by molar-refractivity contribution is 7.89. The van der Waals surface area contributed by atoms with Crippen molar-refractivity contribution >= 4 is 21.6 Å². The summed E-state index contributed by atoms with van der Waals surface area (Å²) in [6, 6.07) is 23.9. The zero-order valence-electron chi connectivity index (χ0n) is 17.9. The summed E-state index contributed by atoms with van der Waals surface area (Å²) in [5.41, 5.74) is 5.09. The lowest BCUT2D eigenvalue weighted by molar-refractivity contribution is -0.126. The van der Waals surface area contributed by atoms with Crippen LogP contribution in [0.4, 0.5) is 4.39 Å². The van der Waals surface area contributed by atoms with Crippen LogP contribution in [0.15, 0.2) is 94.9 Å². The number of hydrazone groups is 1. The molecule has 1 heterocycles. The van der Waals surface area contributed by atoms with Crippen molar-refractivity contribution in [3.63, 3.8) is 0 Å². The molecule has 0 aliphatic carbocycles. The van der Waals surface area contributed by atoms with Crippen molar-refractivity contribution in [1.82, 2.24) is 9.73 Å². The van der Waals surface area contributed by atoms with E-state index in [1.165, 1.54) is 16.4 Å². The number of sulfonamides is 1. The van der Waals surface area contributed by atoms with Gasteiger partial charge in [0.15, 0.2) is 0 Å². The highest BCUT2D eigenvalue weighted by Crippen LogP contribution is 2.24. The minimum atomic E-state index is -3.72. The topological polar surface area (TPSA) is 78.8 Å². The summed E-state index contributed by atoms with van der Waals surface area (Å²) in [5.74, 6) is -1.07. The number of hydrogen-bond donors (Lipinski definition) is 1. The van der Waals surface area contributed by atoms with E-state index in [1.807, 2.05) is 60.7 Å². The van der Waals surface area contributed by atoms with Gasteiger partial charge in [0.25, 0.3) is 0 Å². The maximum Gasteiger partial charge on any atom is 0.243 e. The largest absolute Gasteiger partial charge is 0.273 e. The fourth-order valence-electron chi connectivity index (χ4n) is 3.80. The van der Waals surface area contributed by atoms with Gasteiger partial charge in [-0.05, 0) is 37.1 Å². The molecule has 6 nitrogen and oxygen atoms in total. The van der Waals surface area contributed by atoms with Crippen molar-refractivity contribution in [1.29, 1.82) is 0 Å². The van der Waals surface area contributed by atoms with Gasteiger partial charge in [0.1, 0.15) is 5.82 Å². The zero-order chi connectivity index (χ0) is 23.3. The highest BCUT2D eigenvalue weighted by atomic mass is 32.2. The van der Waals surface area contributed by atoms with E-state index >= 15 is 0 Å². The molecule has 3 aromatic rings. The summed E-state index contributed by atoms with van der Waals surface area (Å²) in [4.78, 5) is 12.8. The lowest BCUT2D eigenvalue weighted by atomic mass is 9.97. The fourth-order valence-corrected chi connectivity index (χ4v) is 5.27. The predicted octanol–water partition coefficient (Wildman–Crippen LogP) is 3.80. The fraction of sp³-hybridized carbons (Fsp3) is 0.200. The van der Waals surface area contributed by atoms with Crippen LogP contribution in [0.5, 0.6) is 0 Å². The molecule has 0 atom stereocenters. The van der Waals surface area contributed by atoms with Crippen LogP contribution in [0.2, 0.25) is 0 Å². The van der Waals surface area contributed by atoms with E-state index in [2.05, 4.69) is 10.5 Å². The van der Waals surface area contributed by atoms with Gasteiger partial charge < -0.3 is 0 Å². The van der Waals surface area contributed by atoms with Crippen molar-refractivity contribution in [2.45, 2.75) is 17.7 Å². The van der Waals surface area contributed by atoms with Gasteiger partial charge in [-0.2, -0.15) is 9.41 Å². The van der Waals surface area contributed by atoms with E-state index in [0.717, 1.165) is 23.3 Å². The summed E-state index contributed by atoms with van der Waals surface area (Å²) in [7, 11) is -3.72. The molecular weight excluding hydrogens is 441 g/mol. The Balaban J connectivity index is 1.43. The maximum atomic E-state index is 13.1. The molecule has 33 heavy (non-hydrogen) atoms. The molecule has 4 rings (SSSR count). The Morgan fingerprint density at radius 3 is 1.88 bits per heavy atom. The second-order valence-electron chi connectivity index (χ2n) is 7.80. The number of rotatable bonds is 6. The molecule has 1 fully saturated rings. The molecule has 0 bridgehead atoms. The van der Waals surface area contributed by atoms with Crippen molar-refractivity contribution < 1.29 is 17.6 Å². The third-order valence-corrected chi connectivity index (χ3v) is 7.56. The molecule has 1 N–H and O–H groups in total. The van der Waals surface area contributed by atoms with Crippen LogP contribution in [-0.4, -0.2) is 37.4 Å². The van der Waals surface area contributed by atoms with Gasteiger partial charge in [-0.15, -0.1) is 0 Å². The first-order chi connectivity index (χ1) is 15.9. The molecule has 170 valence electrons. The van der Waals surface area contributed by atoms with Crippen LogP contribution < -0.4 is 5.43 Å². The summed E-state index contributed by atoms with van der Waals surface area (Å²) in [5, 5.41) is 4.41. The second kappa shape index (κ2) is 10.1. The number of carbonyl (C=O) groups is 1. The van der Waals surface area contributed by atoms with Gasteiger partial charge in [-0.25, -0.2) is 18.2 Å². The van der Waals surface area contributed by atoms with Gasteiger partial charge in [-0.3, -0.25) is 4.79 Å². The number of benzene rings is 3. The Bertz CT molecular complexity index is 1180. The average molecular weight is 466 g/mol. The highest BCUT2D eigenvalue weighted by Gasteiger charge is 2.32. The van der Waals surface area contributed by atoms with Crippen molar-refractivity contribution in [3.05, 3.63) is 102 Å². The van der Waals surface area contributed by atoms with E-state index in [9.17, 15) is 17.6 Å². The van der Waals surface area contributed by atoms with Crippen molar-refractivity contribution in [2.75, 3.05) is 13.1 Å². The standard InChI is InChI=1S/C25H24FN3O3S/c26-22-11-13-23(14-12-22)33(31,32)29-17-15-21(16-18-29)25(30)28-27-24(19-7-3-1-4-8-19)20-9-5-2-6-10-20/h1-14,21H,15-18H2,(H,28,30). The monoisotopic (exact) mass is 465 g/mol. The molecule has 1 saturated heterocycles. The molecule has 8 heteroatoms. The third kappa shape index (κ3) is 5.35. The normalized spacial score (nSPS) is 15.1. The van der Waals surface area contributed by atoms with E-state index in [1.54, 1.807) is 0 Å². The summed E-state index contributed by atoms with van der Waals surface area (Å²) >= 11 is 0. The number of nitrogens with one attached hydrogen (secondary N) is 1. The predicted molar refractivity (Wildman–Crippen MR) is 125 cm³/mol. The molecule has 0 saturated carbocycles. The summed E-state index contributed by atoms with van der Waals surface area (Å²) in [6.07, 6.45) is 0.765. The van der Waals surface area contributed by atoms with Gasteiger partial charge in [0.2, 0.25) is 15.9 Å². The Kier molecular flexibility index (Phi) is 6.96. The number of halogens is 1. The third-order valence-electron chi connectivity index (χ3n) is 5.65. The molecule has 1 amide bonds. The minimum absolute atomic E-state index is 0.0479. The average Bonchev–Trinajstić information content (AvgIpc) is 2.86. The van der Waals surface area contributed by atoms with E-state index in [-0.39, 0.29) is 29.8 Å². The second-order valence-corrected chi connectivity index (χ2v) is 9.74. The van der Waals surface area contributed by atoms with Crippen molar-refractivity contribution in [3.8, 4) is 0 Å². The number of nitrogens with zero attached hydrogens (tertiary/aromatic N) is 2. The smallest absolute Gasteiger partial charge is 0.243 e. The van der Waals surface area contributed by atoms with E-state index < -0.39 is 15.8 Å². The number of amides is 1. The number of piperidine rings is 1. The Hall–Kier alpha value is -3.36. The molecule has 0 spiro atoms. The van der Waals surface area contributed by atoms with Crippen molar-refractivity contribution in [2.24, 2.45) is 11.0 Å². The Morgan fingerprint density at radius 1 is 0.848 bits per heavy atom. The van der Waals surface area contributed by atoms with Crippen LogP contribution in [-0.2, 0) is 14.8 Å². The first kappa shape index (κ1) is 22.8. The summed E-state index contributed by atoms with van der Waals surface area (Å²) < 4.78 is 40.0. The quantitative estimate of drug-likeness (QED) is 0.444. The molecule has 0 aromatic heterocycles. The first-order valence-electron chi connectivity index (χ1n) is 10.7. The van der Waals surface area contributed by atoms with Gasteiger partial charge in [0, 0.05) is 30.1 Å². The molecule has 3 aromatic carbocycles. The maximum absolute atomic E-state index is 13.1. The lowest BCUT2D eigenvalue weighted by Gasteiger charge is -2.30. The van der Waals surface area contributed by atoms with E-state index in [0.29, 0.717) is 18.6 Å². The first-order valence-corrected chi connectivity index (χ1v) is 12.1. The Labute approximate surface area is 192 Å². The van der Waals surface area contributed by atoms with Crippen LogP contribution in [0, 0.1) is 11.7 Å². The number of carbonyl (C=O) groups excluding carboxylic acids is 1. The SMILES string of the molecule is O=C(NN=C(c1ccccc1)c1ccccc1)C1CCN(S(=O)(=O)c2ccc(F)cc2)CC1. The van der Waals surface area contributed by atoms with Gasteiger partial charge in [0.05, 0.1) is 10.6 Å². The van der Waals surface area contributed by atoms with Gasteiger partial charge >= 0.3 is 0 Å². The van der Waals surface area contributed by atoms with Gasteiger partial charge in [-0.1, -0.05) is 60.7 Å². The molecule has 1 aliphatic rings. The summed E-state index contributed by atoms with van der Waals surface area (Å²) in [6.45, 7) is 0.428. The van der Waals surface area contributed by atoms with E-state index in [4.69, 9.17) is 0 Å². The molecule has 1 aliphatic heterocycles. The minimum Gasteiger partial charge on any atom is -0.273 e. The lowest BCUT2D eigenvalue weighted by Crippen LogP contribution is -2.42. The molecule has 0 unspecified atom stereocenters. The number of hydrogen-bond acceptors (Lipinski definition) is 4. The molecular formula is C25H24FN3O3S. The van der Waals surface area contributed by atoms with Crippen LogP contribution in [0.1, 0.15) is 24.0 Å². The van der Waals surface area contributed by atoms with Crippen LogP contribution in [0.3, 0.4) is 0 Å². The van der Waals surface area contributed by atoms with Crippen LogP contribution >= 0.6 is 0 Å². The molecule has 0 radical (unpaired) electrons.